The Hall–Kier alpha value is -0.630. The Kier molecular flexibility index (Phi) is 2.01. The number of ketones is 1. The maximum atomic E-state index is 10.8. The van der Waals surface area contributed by atoms with Gasteiger partial charge >= 0.3 is 0 Å². The summed E-state index contributed by atoms with van der Waals surface area (Å²) in [5, 5.41) is 0. The Labute approximate surface area is 79.9 Å². The molecule has 0 N–H and O–H groups in total. The van der Waals surface area contributed by atoms with E-state index in [1.165, 1.54) is 5.56 Å². The maximum absolute atomic E-state index is 10.8. The first-order valence-electron chi connectivity index (χ1n) is 4.03. The van der Waals surface area contributed by atoms with Crippen molar-refractivity contribution in [2.75, 3.05) is 0 Å². The lowest BCUT2D eigenvalue weighted by Crippen LogP contribution is -2.20. The first-order chi connectivity index (χ1) is 5.75. The minimum absolute atomic E-state index is 0.389. The Morgan fingerprint density at radius 2 is 2.08 bits per heavy atom. The highest BCUT2D eigenvalue weighted by atomic mass is 79.9. The van der Waals surface area contributed by atoms with E-state index in [1.54, 1.807) is 0 Å². The van der Waals surface area contributed by atoms with Crippen LogP contribution in [0.5, 0.6) is 0 Å². The third-order valence-corrected chi connectivity index (χ3v) is 2.76. The second kappa shape index (κ2) is 3.02. The fourth-order valence-electron chi connectivity index (χ4n) is 1.49. The van der Waals surface area contributed by atoms with Crippen molar-refractivity contribution in [3.8, 4) is 0 Å². The first kappa shape index (κ1) is 7.99. The highest BCUT2D eigenvalue weighted by Gasteiger charge is 2.27. The molecule has 0 bridgehead atoms. The van der Waals surface area contributed by atoms with Crippen LogP contribution >= 0.6 is 15.9 Å². The molecule has 0 aliphatic heterocycles. The molecule has 0 saturated heterocycles. The summed E-state index contributed by atoms with van der Waals surface area (Å²) >= 11 is 3.41. The zero-order chi connectivity index (χ0) is 8.55. The van der Waals surface area contributed by atoms with Crippen molar-refractivity contribution in [3.05, 3.63) is 34.3 Å². The molecule has 1 aliphatic carbocycles. The van der Waals surface area contributed by atoms with Crippen LogP contribution in [0.2, 0.25) is 0 Å². The van der Waals surface area contributed by atoms with Crippen LogP contribution in [-0.2, 0) is 4.79 Å². The third-order valence-electron chi connectivity index (χ3n) is 2.27. The molecule has 1 nitrogen and oxygen atoms in total. The molecule has 0 spiro atoms. The quantitative estimate of drug-likeness (QED) is 0.718. The number of hydrogen-bond donors (Lipinski definition) is 0. The average molecular weight is 225 g/mol. The summed E-state index contributed by atoms with van der Waals surface area (Å²) in [6.45, 7) is 0. The van der Waals surface area contributed by atoms with E-state index in [0.29, 0.717) is 11.7 Å². The van der Waals surface area contributed by atoms with Gasteiger partial charge in [0.1, 0.15) is 5.78 Å². The topological polar surface area (TPSA) is 17.1 Å². The summed E-state index contributed by atoms with van der Waals surface area (Å²) in [6, 6.07) is 8.20. The summed E-state index contributed by atoms with van der Waals surface area (Å²) in [4.78, 5) is 10.8. The molecule has 1 fully saturated rings. The lowest BCUT2D eigenvalue weighted by molar-refractivity contribution is -0.124. The van der Waals surface area contributed by atoms with Crippen LogP contribution in [-0.4, -0.2) is 5.78 Å². The van der Waals surface area contributed by atoms with Gasteiger partial charge in [-0.05, 0) is 23.6 Å². The summed E-state index contributed by atoms with van der Waals surface area (Å²) in [6.07, 6.45) is 1.47. The van der Waals surface area contributed by atoms with Gasteiger partial charge in [-0.25, -0.2) is 0 Å². The third kappa shape index (κ3) is 1.44. The number of benzene rings is 1. The van der Waals surface area contributed by atoms with E-state index in [0.717, 1.165) is 17.3 Å². The van der Waals surface area contributed by atoms with Crippen molar-refractivity contribution in [2.24, 2.45) is 0 Å². The lowest BCUT2D eigenvalue weighted by Gasteiger charge is -2.24. The van der Waals surface area contributed by atoms with Gasteiger partial charge in [-0.15, -0.1) is 0 Å². The van der Waals surface area contributed by atoms with Gasteiger partial charge in [-0.1, -0.05) is 28.1 Å². The van der Waals surface area contributed by atoms with Gasteiger partial charge in [-0.3, -0.25) is 4.79 Å². The van der Waals surface area contributed by atoms with Crippen molar-refractivity contribution in [3.63, 3.8) is 0 Å². The zero-order valence-electron chi connectivity index (χ0n) is 6.59. The van der Waals surface area contributed by atoms with Crippen LogP contribution in [0.3, 0.4) is 0 Å². The fourth-order valence-corrected chi connectivity index (χ4v) is 1.90. The second-order valence-corrected chi connectivity index (χ2v) is 4.11. The highest BCUT2D eigenvalue weighted by molar-refractivity contribution is 9.10. The predicted octanol–water partition coefficient (Wildman–Crippen LogP) is 2.90. The van der Waals surface area contributed by atoms with Gasteiger partial charge in [0.15, 0.2) is 0 Å². The second-order valence-electron chi connectivity index (χ2n) is 3.20. The zero-order valence-corrected chi connectivity index (χ0v) is 8.17. The minimum Gasteiger partial charge on any atom is -0.300 e. The number of rotatable bonds is 1. The van der Waals surface area contributed by atoms with Crippen molar-refractivity contribution in [1.82, 2.24) is 0 Å². The number of hydrogen-bond acceptors (Lipinski definition) is 1. The molecule has 1 aromatic rings. The molecule has 0 aromatic heterocycles. The van der Waals surface area contributed by atoms with Gasteiger partial charge in [0.05, 0.1) is 0 Å². The molecule has 0 unspecified atom stereocenters. The number of halogens is 1. The molecule has 12 heavy (non-hydrogen) atoms. The molecule has 1 saturated carbocycles. The summed E-state index contributed by atoms with van der Waals surface area (Å²) in [5.41, 5.74) is 1.28. The van der Waals surface area contributed by atoms with Crippen molar-refractivity contribution >= 4 is 21.7 Å². The van der Waals surface area contributed by atoms with Gasteiger partial charge in [-0.2, -0.15) is 0 Å². The smallest absolute Gasteiger partial charge is 0.134 e. The first-order valence-corrected chi connectivity index (χ1v) is 4.82. The van der Waals surface area contributed by atoms with E-state index in [2.05, 4.69) is 28.1 Å². The SMILES string of the molecule is O=C1CC(c2cccc(Br)c2)C1. The van der Waals surface area contributed by atoms with Gasteiger partial charge in [0.2, 0.25) is 0 Å². The van der Waals surface area contributed by atoms with E-state index < -0.39 is 0 Å². The molecule has 1 aromatic carbocycles. The molecular formula is C10H9BrO. The Balaban J connectivity index is 2.18. The van der Waals surface area contributed by atoms with Gasteiger partial charge < -0.3 is 0 Å². The minimum atomic E-state index is 0.389. The molecule has 1 aliphatic rings. The average Bonchev–Trinajstić information content (AvgIpc) is 1.99. The normalized spacial score (nSPS) is 17.6. The molecule has 62 valence electrons. The van der Waals surface area contributed by atoms with Crippen LogP contribution in [0.4, 0.5) is 0 Å². The number of carbonyl (C=O) groups excluding carboxylic acids is 1. The van der Waals surface area contributed by atoms with E-state index in [-0.39, 0.29) is 0 Å². The Morgan fingerprint density at radius 1 is 1.33 bits per heavy atom. The molecule has 0 heterocycles. The van der Waals surface area contributed by atoms with Crippen molar-refractivity contribution < 1.29 is 4.79 Å². The van der Waals surface area contributed by atoms with Gasteiger partial charge in [0.25, 0.3) is 0 Å². The summed E-state index contributed by atoms with van der Waals surface area (Å²) in [7, 11) is 0. The molecule has 0 amide bonds. The molecule has 2 heteroatoms. The Morgan fingerprint density at radius 3 is 2.67 bits per heavy atom. The summed E-state index contributed by atoms with van der Waals surface area (Å²) < 4.78 is 1.10. The van der Waals surface area contributed by atoms with Crippen molar-refractivity contribution in [1.29, 1.82) is 0 Å². The lowest BCUT2D eigenvalue weighted by atomic mass is 9.79. The standard InChI is InChI=1S/C10H9BrO/c11-9-3-1-2-7(4-9)8-5-10(12)6-8/h1-4,8H,5-6H2. The van der Waals surface area contributed by atoms with Crippen LogP contribution in [0.25, 0.3) is 0 Å². The van der Waals surface area contributed by atoms with E-state index in [1.807, 2.05) is 12.1 Å². The van der Waals surface area contributed by atoms with E-state index in [9.17, 15) is 4.79 Å². The highest BCUT2D eigenvalue weighted by Crippen LogP contribution is 2.34. The monoisotopic (exact) mass is 224 g/mol. The fraction of sp³-hybridized carbons (Fsp3) is 0.300. The molecule has 2 rings (SSSR count). The molecular weight excluding hydrogens is 216 g/mol. The summed E-state index contributed by atoms with van der Waals surface area (Å²) in [5.74, 6) is 0.870. The predicted molar refractivity (Wildman–Crippen MR) is 51.1 cm³/mol. The van der Waals surface area contributed by atoms with Crippen molar-refractivity contribution in [2.45, 2.75) is 18.8 Å². The van der Waals surface area contributed by atoms with E-state index in [4.69, 9.17) is 0 Å². The largest absolute Gasteiger partial charge is 0.300 e. The van der Waals surface area contributed by atoms with Crippen LogP contribution < -0.4 is 0 Å². The Bertz CT molecular complexity index is 311. The van der Waals surface area contributed by atoms with Crippen LogP contribution in [0.15, 0.2) is 28.7 Å². The maximum Gasteiger partial charge on any atom is 0.134 e. The molecule has 0 radical (unpaired) electrons. The number of Topliss-reactive ketones (excluding diaryl/α,β-unsaturated/α-hetero) is 1. The number of carbonyl (C=O) groups is 1. The van der Waals surface area contributed by atoms with Crippen LogP contribution in [0.1, 0.15) is 24.3 Å². The van der Waals surface area contributed by atoms with E-state index >= 15 is 0 Å². The van der Waals surface area contributed by atoms with Crippen LogP contribution in [0, 0.1) is 0 Å². The van der Waals surface area contributed by atoms with Gasteiger partial charge in [0, 0.05) is 17.3 Å². The molecule has 0 atom stereocenters.